The van der Waals surface area contributed by atoms with Crippen molar-refractivity contribution in [2.75, 3.05) is 0 Å². The maximum absolute atomic E-state index is 5.87. The number of benzene rings is 2. The van der Waals surface area contributed by atoms with E-state index in [0.29, 0.717) is 16.7 Å². The Morgan fingerprint density at radius 1 is 1.09 bits per heavy atom. The number of aromatic nitrogens is 2. The minimum atomic E-state index is -0.338. The molecule has 0 aliphatic carbocycles. The maximum atomic E-state index is 5.87. The number of rotatable bonds is 4. The summed E-state index contributed by atoms with van der Waals surface area (Å²) in [6.45, 7) is 1.86. The highest BCUT2D eigenvalue weighted by Crippen LogP contribution is 2.25. The molecule has 3 aromatic rings. The zero-order valence-electron chi connectivity index (χ0n) is 11.7. The number of halogens is 2. The van der Waals surface area contributed by atoms with Crippen LogP contribution in [-0.4, -0.2) is 10.1 Å². The molecule has 2 aromatic carbocycles. The third kappa shape index (κ3) is 3.48. The van der Waals surface area contributed by atoms with Gasteiger partial charge in [0.1, 0.15) is 5.75 Å². The van der Waals surface area contributed by atoms with Crippen molar-refractivity contribution in [3.8, 4) is 17.1 Å². The Morgan fingerprint density at radius 2 is 1.77 bits per heavy atom. The van der Waals surface area contributed by atoms with Gasteiger partial charge in [0.15, 0.2) is 6.10 Å². The Balaban J connectivity index is 1.75. The van der Waals surface area contributed by atoms with E-state index in [1.807, 2.05) is 43.3 Å². The van der Waals surface area contributed by atoms with Gasteiger partial charge in [0, 0.05) is 15.1 Å². The summed E-state index contributed by atoms with van der Waals surface area (Å²) in [4.78, 5) is 4.37. The van der Waals surface area contributed by atoms with Crippen molar-refractivity contribution in [1.82, 2.24) is 10.1 Å². The summed E-state index contributed by atoms with van der Waals surface area (Å²) in [5.41, 5.74) is 0.843. The van der Waals surface area contributed by atoms with Crippen LogP contribution in [0.3, 0.4) is 0 Å². The van der Waals surface area contributed by atoms with Gasteiger partial charge in [0.05, 0.1) is 0 Å². The summed E-state index contributed by atoms with van der Waals surface area (Å²) >= 11 is 9.25. The van der Waals surface area contributed by atoms with Gasteiger partial charge >= 0.3 is 0 Å². The van der Waals surface area contributed by atoms with Gasteiger partial charge in [-0.1, -0.05) is 32.7 Å². The molecule has 0 saturated carbocycles. The maximum Gasteiger partial charge on any atom is 0.267 e. The summed E-state index contributed by atoms with van der Waals surface area (Å²) < 4.78 is 12.1. The molecule has 0 N–H and O–H groups in total. The first kappa shape index (κ1) is 15.1. The highest BCUT2D eigenvalue weighted by molar-refractivity contribution is 9.10. The Morgan fingerprint density at radius 3 is 2.45 bits per heavy atom. The van der Waals surface area contributed by atoms with E-state index in [1.54, 1.807) is 12.1 Å². The van der Waals surface area contributed by atoms with Gasteiger partial charge in [0.2, 0.25) is 5.82 Å². The molecule has 0 saturated heterocycles. The third-order valence-electron chi connectivity index (χ3n) is 3.02. The second kappa shape index (κ2) is 6.50. The van der Waals surface area contributed by atoms with Crippen LogP contribution in [0.2, 0.25) is 5.02 Å². The smallest absolute Gasteiger partial charge is 0.267 e. The molecule has 1 aromatic heterocycles. The molecule has 0 aliphatic heterocycles. The van der Waals surface area contributed by atoms with Crippen LogP contribution < -0.4 is 4.74 Å². The average molecular weight is 380 g/mol. The van der Waals surface area contributed by atoms with Crippen molar-refractivity contribution < 1.29 is 9.26 Å². The number of ether oxygens (including phenoxy) is 1. The SMILES string of the molecule is CC(Oc1ccc(Br)cc1)c1nc(-c2ccc(Cl)cc2)no1. The molecule has 6 heteroatoms. The zero-order valence-corrected chi connectivity index (χ0v) is 14.0. The molecule has 0 aliphatic rings. The molecule has 4 nitrogen and oxygen atoms in total. The van der Waals surface area contributed by atoms with Gasteiger partial charge in [-0.2, -0.15) is 4.98 Å². The lowest BCUT2D eigenvalue weighted by Gasteiger charge is -2.10. The monoisotopic (exact) mass is 378 g/mol. The van der Waals surface area contributed by atoms with Gasteiger partial charge in [-0.05, 0) is 55.5 Å². The van der Waals surface area contributed by atoms with Crippen LogP contribution in [0.15, 0.2) is 57.5 Å². The van der Waals surface area contributed by atoms with E-state index in [0.717, 1.165) is 15.8 Å². The zero-order chi connectivity index (χ0) is 15.5. The fraction of sp³-hybridized carbons (Fsp3) is 0.125. The van der Waals surface area contributed by atoms with Crippen LogP contribution >= 0.6 is 27.5 Å². The van der Waals surface area contributed by atoms with E-state index >= 15 is 0 Å². The molecular formula is C16H12BrClN2O2. The average Bonchev–Trinajstić information content (AvgIpc) is 3.00. The lowest BCUT2D eigenvalue weighted by molar-refractivity contribution is 0.176. The van der Waals surface area contributed by atoms with Crippen LogP contribution in [-0.2, 0) is 0 Å². The summed E-state index contributed by atoms with van der Waals surface area (Å²) in [7, 11) is 0. The predicted molar refractivity (Wildman–Crippen MR) is 87.9 cm³/mol. The van der Waals surface area contributed by atoms with E-state index in [4.69, 9.17) is 20.9 Å². The van der Waals surface area contributed by atoms with Gasteiger partial charge < -0.3 is 9.26 Å². The highest BCUT2D eigenvalue weighted by atomic mass is 79.9. The van der Waals surface area contributed by atoms with Crippen LogP contribution in [0.4, 0.5) is 0 Å². The quantitative estimate of drug-likeness (QED) is 0.618. The largest absolute Gasteiger partial charge is 0.481 e. The summed E-state index contributed by atoms with van der Waals surface area (Å²) in [5, 5.41) is 4.64. The number of hydrogen-bond donors (Lipinski definition) is 0. The van der Waals surface area contributed by atoms with Crippen molar-refractivity contribution in [2.45, 2.75) is 13.0 Å². The molecule has 1 heterocycles. The van der Waals surface area contributed by atoms with Crippen molar-refractivity contribution in [3.63, 3.8) is 0 Å². The molecule has 0 fully saturated rings. The first-order valence-corrected chi connectivity index (χ1v) is 7.81. The second-order valence-corrected chi connectivity index (χ2v) is 6.03. The lowest BCUT2D eigenvalue weighted by Crippen LogP contribution is -2.03. The predicted octanol–water partition coefficient (Wildman–Crippen LogP) is 5.29. The van der Waals surface area contributed by atoms with Gasteiger partial charge in [-0.25, -0.2) is 0 Å². The molecule has 1 atom stereocenters. The minimum absolute atomic E-state index is 0.338. The Hall–Kier alpha value is -1.85. The topological polar surface area (TPSA) is 48.2 Å². The van der Waals surface area contributed by atoms with Crippen LogP contribution in [0.5, 0.6) is 5.75 Å². The number of hydrogen-bond acceptors (Lipinski definition) is 4. The van der Waals surface area contributed by atoms with Crippen molar-refractivity contribution in [2.24, 2.45) is 0 Å². The van der Waals surface area contributed by atoms with E-state index < -0.39 is 0 Å². The number of nitrogens with zero attached hydrogens (tertiary/aromatic N) is 2. The molecule has 3 rings (SSSR count). The Bertz CT molecular complexity index is 757. The molecule has 0 spiro atoms. The highest BCUT2D eigenvalue weighted by Gasteiger charge is 2.16. The van der Waals surface area contributed by atoms with E-state index in [-0.39, 0.29) is 6.10 Å². The lowest BCUT2D eigenvalue weighted by atomic mass is 10.2. The summed E-state index contributed by atoms with van der Waals surface area (Å²) in [6.07, 6.45) is -0.338. The fourth-order valence-corrected chi connectivity index (χ4v) is 2.27. The fourth-order valence-electron chi connectivity index (χ4n) is 1.88. The van der Waals surface area contributed by atoms with E-state index in [2.05, 4.69) is 26.1 Å². The molecule has 112 valence electrons. The third-order valence-corrected chi connectivity index (χ3v) is 3.80. The second-order valence-electron chi connectivity index (χ2n) is 4.68. The molecule has 0 bridgehead atoms. The van der Waals surface area contributed by atoms with Crippen LogP contribution in [0, 0.1) is 0 Å². The first-order chi connectivity index (χ1) is 10.6. The summed E-state index contributed by atoms with van der Waals surface area (Å²) in [5.74, 6) is 1.67. The molecule has 0 amide bonds. The molecule has 0 radical (unpaired) electrons. The Labute approximate surface area is 141 Å². The van der Waals surface area contributed by atoms with E-state index in [1.165, 1.54) is 0 Å². The van der Waals surface area contributed by atoms with Gasteiger partial charge in [-0.3, -0.25) is 0 Å². The molecular weight excluding hydrogens is 368 g/mol. The van der Waals surface area contributed by atoms with Crippen LogP contribution in [0.1, 0.15) is 18.9 Å². The van der Waals surface area contributed by atoms with Crippen molar-refractivity contribution in [3.05, 3.63) is 63.9 Å². The standard InChI is InChI=1S/C16H12BrClN2O2/c1-10(21-14-8-4-12(17)5-9-14)16-19-15(20-22-16)11-2-6-13(18)7-3-11/h2-10H,1H3. The van der Waals surface area contributed by atoms with Crippen molar-refractivity contribution >= 4 is 27.5 Å². The Kier molecular flexibility index (Phi) is 4.45. The minimum Gasteiger partial charge on any atom is -0.481 e. The van der Waals surface area contributed by atoms with E-state index in [9.17, 15) is 0 Å². The van der Waals surface area contributed by atoms with Gasteiger partial charge in [-0.15, -0.1) is 0 Å². The normalized spacial score (nSPS) is 12.1. The molecule has 1 unspecified atom stereocenters. The summed E-state index contributed by atoms with van der Waals surface area (Å²) in [6, 6.07) is 14.8. The van der Waals surface area contributed by atoms with Crippen LogP contribution in [0.25, 0.3) is 11.4 Å². The first-order valence-electron chi connectivity index (χ1n) is 6.63. The molecule has 22 heavy (non-hydrogen) atoms. The van der Waals surface area contributed by atoms with Gasteiger partial charge in [0.25, 0.3) is 5.89 Å². The van der Waals surface area contributed by atoms with Crippen molar-refractivity contribution in [1.29, 1.82) is 0 Å².